The molecule has 0 saturated heterocycles. The van der Waals surface area contributed by atoms with Crippen molar-refractivity contribution in [2.75, 3.05) is 5.32 Å². The first-order chi connectivity index (χ1) is 10.6. The quantitative estimate of drug-likeness (QED) is 0.805. The average molecular weight is 293 g/mol. The van der Waals surface area contributed by atoms with E-state index in [4.69, 9.17) is 0 Å². The van der Waals surface area contributed by atoms with E-state index in [1.165, 1.54) is 0 Å². The van der Waals surface area contributed by atoms with Crippen LogP contribution in [0.4, 0.5) is 5.69 Å². The normalized spacial score (nSPS) is 10.5. The molecule has 110 valence electrons. The summed E-state index contributed by atoms with van der Waals surface area (Å²) in [5.41, 5.74) is 3.26. The van der Waals surface area contributed by atoms with Crippen molar-refractivity contribution in [2.24, 2.45) is 0 Å². The Bertz CT molecular complexity index is 774. The molecule has 22 heavy (non-hydrogen) atoms. The molecular weight excluding hydrogens is 278 g/mol. The first-order valence-corrected chi connectivity index (χ1v) is 6.83. The highest BCUT2D eigenvalue weighted by atomic mass is 16.1. The number of amides is 1. The number of nitrogens with one attached hydrogen (secondary N) is 1. The van der Waals surface area contributed by atoms with Gasteiger partial charge in [0.25, 0.3) is 11.9 Å². The van der Waals surface area contributed by atoms with Gasteiger partial charge in [-0.2, -0.15) is 5.10 Å². The summed E-state index contributed by atoms with van der Waals surface area (Å²) in [5, 5.41) is 6.84. The minimum absolute atomic E-state index is 0.178. The number of hydrogen-bond donors (Lipinski definition) is 1. The van der Waals surface area contributed by atoms with E-state index >= 15 is 0 Å². The van der Waals surface area contributed by atoms with E-state index in [1.807, 2.05) is 32.0 Å². The number of benzene rings is 1. The van der Waals surface area contributed by atoms with Crippen LogP contribution in [0.15, 0.2) is 49.1 Å². The van der Waals surface area contributed by atoms with E-state index in [1.54, 1.807) is 35.5 Å². The highest BCUT2D eigenvalue weighted by Crippen LogP contribution is 2.12. The smallest absolute Gasteiger partial charge is 0.255 e. The number of carbonyl (C=O) groups is 1. The Morgan fingerprint density at radius 3 is 2.36 bits per heavy atom. The number of aryl methyl sites for hydroxylation is 2. The minimum atomic E-state index is -0.178. The van der Waals surface area contributed by atoms with Crippen LogP contribution >= 0.6 is 0 Å². The van der Waals surface area contributed by atoms with Crippen molar-refractivity contribution in [1.29, 1.82) is 0 Å². The standard InChI is InChI=1S/C16H15N5O/c1-11-6-12(2)8-13(7-11)15(22)20-14-9-17-16(18-10-14)21-5-3-4-19-21/h3-10H,1-2H3,(H,20,22). The predicted octanol–water partition coefficient (Wildman–Crippen LogP) is 2.53. The van der Waals surface area contributed by atoms with Gasteiger partial charge in [0.1, 0.15) is 0 Å². The second-order valence-corrected chi connectivity index (χ2v) is 5.05. The van der Waals surface area contributed by atoms with Crippen LogP contribution in [0.5, 0.6) is 0 Å². The third-order valence-corrected chi connectivity index (χ3v) is 3.09. The van der Waals surface area contributed by atoms with Crippen LogP contribution in [0.3, 0.4) is 0 Å². The number of hydrogen-bond acceptors (Lipinski definition) is 4. The number of nitrogens with zero attached hydrogens (tertiary/aromatic N) is 4. The number of aromatic nitrogens is 4. The number of anilines is 1. The van der Waals surface area contributed by atoms with Gasteiger partial charge >= 0.3 is 0 Å². The topological polar surface area (TPSA) is 72.7 Å². The molecule has 0 bridgehead atoms. The third kappa shape index (κ3) is 3.01. The van der Waals surface area contributed by atoms with Crippen LogP contribution in [0.25, 0.3) is 5.95 Å². The molecule has 6 heteroatoms. The molecule has 0 aliphatic heterocycles. The van der Waals surface area contributed by atoms with Crippen LogP contribution < -0.4 is 5.32 Å². The molecule has 1 amide bonds. The fourth-order valence-electron chi connectivity index (χ4n) is 2.20. The fourth-order valence-corrected chi connectivity index (χ4v) is 2.20. The average Bonchev–Trinajstić information content (AvgIpc) is 3.01. The maximum absolute atomic E-state index is 12.2. The largest absolute Gasteiger partial charge is 0.319 e. The summed E-state index contributed by atoms with van der Waals surface area (Å²) in [5.74, 6) is 0.275. The van der Waals surface area contributed by atoms with Gasteiger partial charge in [0, 0.05) is 18.0 Å². The third-order valence-electron chi connectivity index (χ3n) is 3.09. The second-order valence-electron chi connectivity index (χ2n) is 5.05. The van der Waals surface area contributed by atoms with E-state index < -0.39 is 0 Å². The SMILES string of the molecule is Cc1cc(C)cc(C(=O)Nc2cnc(-n3cccn3)nc2)c1. The lowest BCUT2D eigenvalue weighted by Gasteiger charge is -2.07. The molecule has 6 nitrogen and oxygen atoms in total. The molecule has 0 aliphatic rings. The summed E-state index contributed by atoms with van der Waals surface area (Å²) in [6.45, 7) is 3.93. The van der Waals surface area contributed by atoms with Crippen LogP contribution in [0, 0.1) is 13.8 Å². The Morgan fingerprint density at radius 2 is 1.77 bits per heavy atom. The van der Waals surface area contributed by atoms with Crippen LogP contribution in [0.2, 0.25) is 0 Å². The summed E-state index contributed by atoms with van der Waals surface area (Å²) >= 11 is 0. The Hall–Kier alpha value is -3.02. The molecule has 0 radical (unpaired) electrons. The summed E-state index contributed by atoms with van der Waals surface area (Å²) in [4.78, 5) is 20.6. The molecule has 0 spiro atoms. The van der Waals surface area contributed by atoms with Crippen molar-refractivity contribution in [3.8, 4) is 5.95 Å². The first-order valence-electron chi connectivity index (χ1n) is 6.83. The summed E-state index contributed by atoms with van der Waals surface area (Å²) in [6.07, 6.45) is 6.53. The summed E-state index contributed by atoms with van der Waals surface area (Å²) < 4.78 is 1.55. The number of rotatable bonds is 3. The van der Waals surface area contributed by atoms with Gasteiger partial charge in [0.05, 0.1) is 18.1 Å². The zero-order valence-corrected chi connectivity index (χ0v) is 12.3. The lowest BCUT2D eigenvalue weighted by Crippen LogP contribution is -2.13. The van der Waals surface area contributed by atoms with Gasteiger partial charge in [-0.05, 0) is 32.0 Å². The molecule has 2 aromatic heterocycles. The van der Waals surface area contributed by atoms with Gasteiger partial charge in [-0.1, -0.05) is 17.2 Å². The Morgan fingerprint density at radius 1 is 1.09 bits per heavy atom. The van der Waals surface area contributed by atoms with Gasteiger partial charge in [-0.25, -0.2) is 14.6 Å². The zero-order chi connectivity index (χ0) is 15.5. The summed E-state index contributed by atoms with van der Waals surface area (Å²) in [6, 6.07) is 7.51. The molecule has 0 fully saturated rings. The first kappa shape index (κ1) is 13.9. The van der Waals surface area contributed by atoms with Crippen LogP contribution in [-0.4, -0.2) is 25.7 Å². The lowest BCUT2D eigenvalue weighted by molar-refractivity contribution is 0.102. The van der Waals surface area contributed by atoms with Crippen molar-refractivity contribution < 1.29 is 4.79 Å². The van der Waals surface area contributed by atoms with Crippen molar-refractivity contribution in [3.63, 3.8) is 0 Å². The van der Waals surface area contributed by atoms with Gasteiger partial charge in [-0.3, -0.25) is 4.79 Å². The Kier molecular flexibility index (Phi) is 3.65. The molecule has 0 saturated carbocycles. The molecule has 0 unspecified atom stereocenters. The molecule has 2 heterocycles. The van der Waals surface area contributed by atoms with E-state index in [0.717, 1.165) is 11.1 Å². The van der Waals surface area contributed by atoms with Crippen molar-refractivity contribution in [1.82, 2.24) is 19.7 Å². The maximum atomic E-state index is 12.2. The molecule has 1 aromatic carbocycles. The minimum Gasteiger partial charge on any atom is -0.319 e. The van der Waals surface area contributed by atoms with Crippen LogP contribution in [-0.2, 0) is 0 Å². The zero-order valence-electron chi connectivity index (χ0n) is 12.3. The van der Waals surface area contributed by atoms with E-state index in [2.05, 4.69) is 20.4 Å². The molecule has 0 atom stereocenters. The molecular formula is C16H15N5O. The van der Waals surface area contributed by atoms with Gasteiger partial charge in [0.15, 0.2) is 0 Å². The maximum Gasteiger partial charge on any atom is 0.255 e. The molecule has 3 rings (SSSR count). The Labute approximate surface area is 127 Å². The van der Waals surface area contributed by atoms with Gasteiger partial charge < -0.3 is 5.32 Å². The summed E-state index contributed by atoms with van der Waals surface area (Å²) in [7, 11) is 0. The molecule has 3 aromatic rings. The monoisotopic (exact) mass is 293 g/mol. The predicted molar refractivity (Wildman–Crippen MR) is 83.0 cm³/mol. The lowest BCUT2D eigenvalue weighted by atomic mass is 10.1. The van der Waals surface area contributed by atoms with E-state index in [9.17, 15) is 4.79 Å². The molecule has 0 aliphatic carbocycles. The molecule has 1 N–H and O–H groups in total. The van der Waals surface area contributed by atoms with Gasteiger partial charge in [0.2, 0.25) is 0 Å². The van der Waals surface area contributed by atoms with E-state index in [-0.39, 0.29) is 5.91 Å². The number of carbonyl (C=O) groups excluding carboxylic acids is 1. The highest BCUT2D eigenvalue weighted by molar-refractivity contribution is 6.04. The Balaban J connectivity index is 1.76. The fraction of sp³-hybridized carbons (Fsp3) is 0.125. The highest BCUT2D eigenvalue weighted by Gasteiger charge is 2.08. The van der Waals surface area contributed by atoms with Crippen molar-refractivity contribution in [2.45, 2.75) is 13.8 Å². The van der Waals surface area contributed by atoms with Crippen molar-refractivity contribution in [3.05, 3.63) is 65.7 Å². The van der Waals surface area contributed by atoms with Gasteiger partial charge in [-0.15, -0.1) is 0 Å². The van der Waals surface area contributed by atoms with Crippen molar-refractivity contribution >= 4 is 11.6 Å². The second kappa shape index (κ2) is 5.77. The van der Waals surface area contributed by atoms with Crippen LogP contribution in [0.1, 0.15) is 21.5 Å². The van der Waals surface area contributed by atoms with E-state index in [0.29, 0.717) is 17.2 Å².